The molecule has 0 amide bonds. The second kappa shape index (κ2) is 6.23. The average molecular weight is 343 g/mol. The van der Waals surface area contributed by atoms with E-state index in [1.54, 1.807) is 12.3 Å². The number of nitrogens with one attached hydrogen (secondary N) is 1. The van der Waals surface area contributed by atoms with Crippen LogP contribution in [0.25, 0.3) is 0 Å². The number of hydrogen-bond acceptors (Lipinski definition) is 4. The lowest BCUT2D eigenvalue weighted by atomic mass is 10.2. The molecular weight excluding hydrogens is 329 g/mol. The highest BCUT2D eigenvalue weighted by Gasteiger charge is 2.31. The highest BCUT2D eigenvalue weighted by atomic mass is 35.5. The summed E-state index contributed by atoms with van der Waals surface area (Å²) >= 11 is 5.97. The molecule has 1 aliphatic rings. The number of alkyl halides is 3. The first kappa shape index (κ1) is 15.9. The van der Waals surface area contributed by atoms with E-state index in [2.05, 4.69) is 20.2 Å². The van der Waals surface area contributed by atoms with E-state index in [0.717, 1.165) is 43.9 Å². The Labute approximate surface area is 136 Å². The van der Waals surface area contributed by atoms with Gasteiger partial charge in [-0.25, -0.2) is 4.98 Å². The minimum absolute atomic E-state index is 0.125. The Balaban J connectivity index is 1.85. The molecule has 23 heavy (non-hydrogen) atoms. The Hall–Kier alpha value is -2.02. The standard InChI is InChI=1S/C15H14ClF3N4/c16-11-4-3-10(15(17,18)19)9-12(11)21-14-20-6-5-13(22-14)23-7-1-2-8-23/h3-6,9H,1-2,7-8H2,(H,20,21,22). The molecule has 8 heteroatoms. The third kappa shape index (κ3) is 3.67. The topological polar surface area (TPSA) is 41.1 Å². The van der Waals surface area contributed by atoms with Crippen molar-refractivity contribution in [1.82, 2.24) is 9.97 Å². The van der Waals surface area contributed by atoms with Gasteiger partial charge in [-0.15, -0.1) is 0 Å². The Morgan fingerprint density at radius 3 is 2.57 bits per heavy atom. The lowest BCUT2D eigenvalue weighted by molar-refractivity contribution is -0.137. The summed E-state index contributed by atoms with van der Waals surface area (Å²) in [6, 6.07) is 4.88. The molecule has 0 aliphatic carbocycles. The summed E-state index contributed by atoms with van der Waals surface area (Å²) in [5, 5.41) is 2.94. The van der Waals surface area contributed by atoms with E-state index in [-0.39, 0.29) is 16.7 Å². The lowest BCUT2D eigenvalue weighted by Crippen LogP contribution is -2.19. The van der Waals surface area contributed by atoms with Crippen molar-refractivity contribution >= 4 is 29.1 Å². The maximum absolute atomic E-state index is 12.8. The fourth-order valence-electron chi connectivity index (χ4n) is 2.45. The minimum atomic E-state index is -4.43. The van der Waals surface area contributed by atoms with Crippen molar-refractivity contribution in [2.24, 2.45) is 0 Å². The second-order valence-corrected chi connectivity index (χ2v) is 5.66. The van der Waals surface area contributed by atoms with Crippen LogP contribution >= 0.6 is 11.6 Å². The molecule has 0 unspecified atom stereocenters. The van der Waals surface area contributed by atoms with Gasteiger partial charge < -0.3 is 10.2 Å². The third-order valence-electron chi connectivity index (χ3n) is 3.61. The molecule has 2 aromatic rings. The van der Waals surface area contributed by atoms with Gasteiger partial charge in [-0.3, -0.25) is 0 Å². The molecule has 1 fully saturated rings. The van der Waals surface area contributed by atoms with Crippen LogP contribution in [0.4, 0.5) is 30.6 Å². The smallest absolute Gasteiger partial charge is 0.356 e. The molecule has 1 saturated heterocycles. The maximum atomic E-state index is 12.8. The zero-order chi connectivity index (χ0) is 16.4. The zero-order valence-corrected chi connectivity index (χ0v) is 12.8. The first-order valence-electron chi connectivity index (χ1n) is 7.15. The van der Waals surface area contributed by atoms with Gasteiger partial charge in [0.2, 0.25) is 5.95 Å². The van der Waals surface area contributed by atoms with Gasteiger partial charge in [-0.05, 0) is 37.1 Å². The van der Waals surface area contributed by atoms with E-state index < -0.39 is 11.7 Å². The van der Waals surface area contributed by atoms with Gasteiger partial charge in [0, 0.05) is 19.3 Å². The zero-order valence-electron chi connectivity index (χ0n) is 12.1. The molecule has 1 aliphatic heterocycles. The first-order chi connectivity index (χ1) is 10.9. The largest absolute Gasteiger partial charge is 0.416 e. The van der Waals surface area contributed by atoms with Crippen molar-refractivity contribution in [3.8, 4) is 0 Å². The summed E-state index contributed by atoms with van der Waals surface area (Å²) in [7, 11) is 0. The molecule has 1 N–H and O–H groups in total. The number of halogens is 4. The third-order valence-corrected chi connectivity index (χ3v) is 3.94. The first-order valence-corrected chi connectivity index (χ1v) is 7.53. The minimum Gasteiger partial charge on any atom is -0.356 e. The predicted octanol–water partition coefficient (Wildman–Crippen LogP) is 4.49. The van der Waals surface area contributed by atoms with Crippen molar-refractivity contribution in [2.75, 3.05) is 23.3 Å². The quantitative estimate of drug-likeness (QED) is 0.892. The Morgan fingerprint density at radius 2 is 1.87 bits per heavy atom. The monoisotopic (exact) mass is 342 g/mol. The van der Waals surface area contributed by atoms with Crippen molar-refractivity contribution in [2.45, 2.75) is 19.0 Å². The highest BCUT2D eigenvalue weighted by Crippen LogP contribution is 2.34. The molecule has 1 aromatic heterocycles. The molecule has 0 spiro atoms. The predicted molar refractivity (Wildman–Crippen MR) is 83.2 cm³/mol. The number of anilines is 3. The summed E-state index contributed by atoms with van der Waals surface area (Å²) in [5.41, 5.74) is -0.653. The summed E-state index contributed by atoms with van der Waals surface area (Å²) in [5.74, 6) is 0.971. The summed E-state index contributed by atoms with van der Waals surface area (Å²) in [6.45, 7) is 1.83. The van der Waals surface area contributed by atoms with Gasteiger partial charge in [0.05, 0.1) is 16.3 Å². The Morgan fingerprint density at radius 1 is 1.13 bits per heavy atom. The summed E-state index contributed by atoms with van der Waals surface area (Å²) < 4.78 is 38.4. The van der Waals surface area contributed by atoms with Crippen molar-refractivity contribution in [1.29, 1.82) is 0 Å². The SMILES string of the molecule is FC(F)(F)c1ccc(Cl)c(Nc2nccc(N3CCCC3)n2)c1. The molecule has 2 heterocycles. The van der Waals surface area contributed by atoms with Gasteiger partial charge in [0.15, 0.2) is 0 Å². The van der Waals surface area contributed by atoms with E-state index in [9.17, 15) is 13.2 Å². The van der Waals surface area contributed by atoms with Gasteiger partial charge in [-0.2, -0.15) is 18.2 Å². The van der Waals surface area contributed by atoms with Gasteiger partial charge >= 0.3 is 6.18 Å². The Bertz CT molecular complexity index is 699. The molecule has 0 atom stereocenters. The molecule has 0 bridgehead atoms. The van der Waals surface area contributed by atoms with Crippen LogP contribution in [0.15, 0.2) is 30.5 Å². The molecular formula is C15H14ClF3N4. The average Bonchev–Trinajstić information content (AvgIpc) is 3.03. The van der Waals surface area contributed by atoms with Crippen LogP contribution in [0.5, 0.6) is 0 Å². The van der Waals surface area contributed by atoms with Gasteiger partial charge in [0.25, 0.3) is 0 Å². The lowest BCUT2D eigenvalue weighted by Gasteiger charge is -2.17. The Kier molecular flexibility index (Phi) is 4.30. The fourth-order valence-corrected chi connectivity index (χ4v) is 2.61. The van der Waals surface area contributed by atoms with E-state index in [0.29, 0.717) is 0 Å². The molecule has 0 saturated carbocycles. The number of nitrogens with zero attached hydrogens (tertiary/aromatic N) is 3. The number of rotatable bonds is 3. The van der Waals surface area contributed by atoms with Crippen molar-refractivity contribution in [3.63, 3.8) is 0 Å². The highest BCUT2D eigenvalue weighted by molar-refractivity contribution is 6.33. The number of aromatic nitrogens is 2. The maximum Gasteiger partial charge on any atom is 0.416 e. The van der Waals surface area contributed by atoms with Crippen LogP contribution in [0, 0.1) is 0 Å². The molecule has 4 nitrogen and oxygen atoms in total. The number of benzene rings is 1. The fraction of sp³-hybridized carbons (Fsp3) is 0.333. The van der Waals surface area contributed by atoms with Crippen LogP contribution in [0.2, 0.25) is 5.02 Å². The van der Waals surface area contributed by atoms with E-state index >= 15 is 0 Å². The second-order valence-electron chi connectivity index (χ2n) is 5.25. The van der Waals surface area contributed by atoms with Crippen LogP contribution < -0.4 is 10.2 Å². The van der Waals surface area contributed by atoms with Crippen LogP contribution in [0.1, 0.15) is 18.4 Å². The summed E-state index contributed by atoms with van der Waals surface area (Å²) in [4.78, 5) is 10.5. The van der Waals surface area contributed by atoms with E-state index in [1.165, 1.54) is 6.07 Å². The van der Waals surface area contributed by atoms with Crippen LogP contribution in [-0.2, 0) is 6.18 Å². The number of hydrogen-bond donors (Lipinski definition) is 1. The van der Waals surface area contributed by atoms with E-state index in [1.807, 2.05) is 0 Å². The van der Waals surface area contributed by atoms with Crippen molar-refractivity contribution in [3.05, 3.63) is 41.0 Å². The van der Waals surface area contributed by atoms with Gasteiger partial charge in [0.1, 0.15) is 5.82 Å². The molecule has 122 valence electrons. The van der Waals surface area contributed by atoms with Crippen LogP contribution in [0.3, 0.4) is 0 Å². The van der Waals surface area contributed by atoms with Crippen molar-refractivity contribution < 1.29 is 13.2 Å². The molecule has 1 aromatic carbocycles. The molecule has 3 rings (SSSR count). The molecule has 0 radical (unpaired) electrons. The summed E-state index contributed by atoms with van der Waals surface area (Å²) in [6.07, 6.45) is -0.651. The van der Waals surface area contributed by atoms with E-state index in [4.69, 9.17) is 11.6 Å². The van der Waals surface area contributed by atoms with Gasteiger partial charge in [-0.1, -0.05) is 11.6 Å². The normalized spacial score (nSPS) is 15.0. The van der Waals surface area contributed by atoms with Crippen LogP contribution in [-0.4, -0.2) is 23.1 Å².